The van der Waals surface area contributed by atoms with E-state index in [0.717, 1.165) is 16.8 Å². The van der Waals surface area contributed by atoms with Gasteiger partial charge in [-0.2, -0.15) is 0 Å². The third-order valence-electron chi connectivity index (χ3n) is 3.57. The summed E-state index contributed by atoms with van der Waals surface area (Å²) in [4.78, 5) is 7.25. The van der Waals surface area contributed by atoms with E-state index < -0.39 is 0 Å². The monoisotopic (exact) mass is 293 g/mol. The molecule has 1 atom stereocenters. The molecular weight excluding hydrogens is 278 g/mol. The molecule has 1 saturated heterocycles. The predicted octanol–water partition coefficient (Wildman–Crippen LogP) is 3.25. The molecule has 0 amide bonds. The van der Waals surface area contributed by atoms with Gasteiger partial charge >= 0.3 is 0 Å². The van der Waals surface area contributed by atoms with Crippen molar-refractivity contribution in [2.45, 2.75) is 25.8 Å². The molecule has 0 bridgehead atoms. The number of pyridine rings is 1. The largest absolute Gasteiger partial charge is 0.295 e. The third-order valence-corrected chi connectivity index (χ3v) is 4.22. The molecule has 1 aliphatic rings. The van der Waals surface area contributed by atoms with Gasteiger partial charge in [-0.1, -0.05) is 13.0 Å². The fourth-order valence-corrected chi connectivity index (χ4v) is 3.13. The van der Waals surface area contributed by atoms with Gasteiger partial charge in [0.2, 0.25) is 0 Å². The molecule has 0 saturated carbocycles. The van der Waals surface area contributed by atoms with Crippen LogP contribution >= 0.6 is 15.9 Å². The lowest BCUT2D eigenvalue weighted by molar-refractivity contribution is 0.268. The van der Waals surface area contributed by atoms with E-state index in [2.05, 4.69) is 44.4 Å². The molecule has 17 heavy (non-hydrogen) atoms. The maximum absolute atomic E-state index is 4.75. The molecule has 3 nitrogen and oxygen atoms in total. The fourth-order valence-electron chi connectivity index (χ4n) is 2.70. The first-order valence-electron chi connectivity index (χ1n) is 6.17. The Hall–Kier alpha value is -0.870. The second-order valence-corrected chi connectivity index (χ2v) is 5.34. The van der Waals surface area contributed by atoms with Gasteiger partial charge < -0.3 is 0 Å². The summed E-state index contributed by atoms with van der Waals surface area (Å²) in [6.07, 6.45) is 4.68. The van der Waals surface area contributed by atoms with E-state index in [9.17, 15) is 0 Å². The summed E-state index contributed by atoms with van der Waals surface area (Å²) in [5.41, 5.74) is 2.23. The number of rotatable bonds is 2. The van der Waals surface area contributed by atoms with E-state index in [4.69, 9.17) is 4.98 Å². The zero-order chi connectivity index (χ0) is 11.8. The summed E-state index contributed by atoms with van der Waals surface area (Å²) < 4.78 is 3.18. The van der Waals surface area contributed by atoms with Crippen molar-refractivity contribution < 1.29 is 0 Å². The number of aromatic nitrogens is 2. The van der Waals surface area contributed by atoms with Gasteiger partial charge in [0, 0.05) is 6.20 Å². The van der Waals surface area contributed by atoms with Gasteiger partial charge in [-0.15, -0.1) is 0 Å². The smallest absolute Gasteiger partial charge is 0.137 e. The van der Waals surface area contributed by atoms with Crippen molar-refractivity contribution in [2.24, 2.45) is 0 Å². The van der Waals surface area contributed by atoms with Crippen molar-refractivity contribution in [1.29, 1.82) is 0 Å². The number of nitrogens with zero attached hydrogens (tertiary/aromatic N) is 3. The normalized spacial score (nSPS) is 21.4. The van der Waals surface area contributed by atoms with Crippen molar-refractivity contribution in [3.63, 3.8) is 0 Å². The molecule has 1 unspecified atom stereocenters. The first-order valence-corrected chi connectivity index (χ1v) is 6.96. The number of likely N-dealkylation sites (tertiary alicyclic amines) is 1. The van der Waals surface area contributed by atoms with Crippen molar-refractivity contribution in [2.75, 3.05) is 13.1 Å². The molecule has 1 fully saturated rings. The van der Waals surface area contributed by atoms with Crippen LogP contribution in [0.2, 0.25) is 0 Å². The lowest BCUT2D eigenvalue weighted by Gasteiger charge is -2.20. The highest BCUT2D eigenvalue weighted by Gasteiger charge is 2.26. The number of hydrogen-bond donors (Lipinski definition) is 0. The minimum atomic E-state index is 0.506. The molecule has 2 aromatic heterocycles. The van der Waals surface area contributed by atoms with E-state index in [0.29, 0.717) is 6.04 Å². The van der Waals surface area contributed by atoms with Gasteiger partial charge in [0.1, 0.15) is 5.65 Å². The summed E-state index contributed by atoms with van der Waals surface area (Å²) in [5, 5.41) is 0. The van der Waals surface area contributed by atoms with Crippen LogP contribution in [0.1, 0.15) is 31.5 Å². The van der Waals surface area contributed by atoms with Gasteiger partial charge in [0.25, 0.3) is 0 Å². The lowest BCUT2D eigenvalue weighted by atomic mass is 10.1. The highest BCUT2D eigenvalue weighted by molar-refractivity contribution is 9.10. The SMILES string of the molecule is CCN1CCCC1c1cn2c(Br)cccc2n1. The van der Waals surface area contributed by atoms with Crippen LogP contribution in [0.15, 0.2) is 29.0 Å². The zero-order valence-corrected chi connectivity index (χ0v) is 11.5. The highest BCUT2D eigenvalue weighted by atomic mass is 79.9. The van der Waals surface area contributed by atoms with Gasteiger partial charge in [0.05, 0.1) is 16.3 Å². The van der Waals surface area contributed by atoms with Crippen LogP contribution in [0.25, 0.3) is 5.65 Å². The van der Waals surface area contributed by atoms with E-state index >= 15 is 0 Å². The quantitative estimate of drug-likeness (QED) is 0.793. The Balaban J connectivity index is 2.03. The van der Waals surface area contributed by atoms with E-state index in [1.165, 1.54) is 25.1 Å². The molecule has 0 radical (unpaired) electrons. The standard InChI is InChI=1S/C13H16BrN3/c1-2-16-8-4-5-11(16)10-9-17-12(14)6-3-7-13(17)15-10/h3,6-7,9,11H,2,4-5,8H2,1H3. The fraction of sp³-hybridized carbons (Fsp3) is 0.462. The summed E-state index contributed by atoms with van der Waals surface area (Å²) in [5.74, 6) is 0. The van der Waals surface area contributed by atoms with Crippen LogP contribution in [0, 0.1) is 0 Å². The second kappa shape index (κ2) is 4.42. The number of imidazole rings is 1. The molecule has 3 heterocycles. The average molecular weight is 294 g/mol. The summed E-state index contributed by atoms with van der Waals surface area (Å²) in [6.45, 7) is 4.54. The summed E-state index contributed by atoms with van der Waals surface area (Å²) >= 11 is 3.56. The van der Waals surface area contributed by atoms with Crippen LogP contribution in [-0.4, -0.2) is 27.4 Å². The Morgan fingerprint density at radius 3 is 3.12 bits per heavy atom. The van der Waals surface area contributed by atoms with Crippen molar-refractivity contribution in [3.05, 3.63) is 34.7 Å². The minimum Gasteiger partial charge on any atom is -0.295 e. The molecule has 90 valence electrons. The Kier molecular flexibility index (Phi) is 2.92. The van der Waals surface area contributed by atoms with E-state index in [1.54, 1.807) is 0 Å². The highest BCUT2D eigenvalue weighted by Crippen LogP contribution is 2.31. The molecule has 4 heteroatoms. The molecular formula is C13H16BrN3. The Bertz CT molecular complexity index is 534. The molecule has 1 aliphatic heterocycles. The van der Waals surface area contributed by atoms with Gasteiger partial charge in [0.15, 0.2) is 0 Å². The molecule has 0 aromatic carbocycles. The predicted molar refractivity (Wildman–Crippen MR) is 72.1 cm³/mol. The Morgan fingerprint density at radius 2 is 2.35 bits per heavy atom. The second-order valence-electron chi connectivity index (χ2n) is 4.53. The van der Waals surface area contributed by atoms with Crippen LogP contribution in [0.4, 0.5) is 0 Å². The van der Waals surface area contributed by atoms with Crippen LogP contribution in [0.3, 0.4) is 0 Å². The topological polar surface area (TPSA) is 20.5 Å². The van der Waals surface area contributed by atoms with Gasteiger partial charge in [-0.05, 0) is 54.0 Å². The molecule has 0 N–H and O–H groups in total. The van der Waals surface area contributed by atoms with Gasteiger partial charge in [-0.25, -0.2) is 4.98 Å². The first kappa shape index (κ1) is 11.2. The number of fused-ring (bicyclic) bond motifs is 1. The van der Waals surface area contributed by atoms with Gasteiger partial charge in [-0.3, -0.25) is 9.30 Å². The van der Waals surface area contributed by atoms with Crippen molar-refractivity contribution in [1.82, 2.24) is 14.3 Å². The summed E-state index contributed by atoms with van der Waals surface area (Å²) in [7, 11) is 0. The lowest BCUT2D eigenvalue weighted by Crippen LogP contribution is -2.22. The molecule has 0 aliphatic carbocycles. The van der Waals surface area contributed by atoms with Crippen molar-refractivity contribution >= 4 is 21.6 Å². The molecule has 3 rings (SSSR count). The zero-order valence-electron chi connectivity index (χ0n) is 9.93. The van der Waals surface area contributed by atoms with Crippen LogP contribution in [-0.2, 0) is 0 Å². The molecule has 2 aromatic rings. The number of halogens is 1. The van der Waals surface area contributed by atoms with Crippen LogP contribution in [0.5, 0.6) is 0 Å². The number of hydrogen-bond acceptors (Lipinski definition) is 2. The third kappa shape index (κ3) is 1.89. The van der Waals surface area contributed by atoms with Crippen LogP contribution < -0.4 is 0 Å². The van der Waals surface area contributed by atoms with Crippen molar-refractivity contribution in [3.8, 4) is 0 Å². The van der Waals surface area contributed by atoms with E-state index in [1.807, 2.05) is 12.1 Å². The summed E-state index contributed by atoms with van der Waals surface area (Å²) in [6, 6.07) is 6.64. The Morgan fingerprint density at radius 1 is 1.47 bits per heavy atom. The minimum absolute atomic E-state index is 0.506. The molecule has 0 spiro atoms. The Labute approximate surface area is 110 Å². The first-order chi connectivity index (χ1) is 8.29. The van der Waals surface area contributed by atoms with E-state index in [-0.39, 0.29) is 0 Å². The average Bonchev–Trinajstić information content (AvgIpc) is 2.94. The maximum atomic E-state index is 4.75. The maximum Gasteiger partial charge on any atom is 0.137 e.